The number of nitrogens with zero attached hydrogens (tertiary/aromatic N) is 3. The highest BCUT2D eigenvalue weighted by molar-refractivity contribution is 7.33. The molecule has 3 atom stereocenters. The van der Waals surface area contributed by atoms with E-state index >= 15 is 0 Å². The van der Waals surface area contributed by atoms with Crippen molar-refractivity contribution >= 4 is 96.0 Å². The summed E-state index contributed by atoms with van der Waals surface area (Å²) in [7, 11) is 0. The van der Waals surface area contributed by atoms with Crippen LogP contribution in [-0.2, 0) is 19.5 Å². The summed E-state index contributed by atoms with van der Waals surface area (Å²) in [5.74, 6) is 1.20. The third-order valence-electron chi connectivity index (χ3n) is 12.7. The largest absolute Gasteiger partial charge is 0.337 e. The molecule has 6 aromatic heterocycles. The van der Waals surface area contributed by atoms with Gasteiger partial charge in [0.1, 0.15) is 5.71 Å². The lowest BCUT2D eigenvalue weighted by Crippen LogP contribution is -2.30. The smallest absolute Gasteiger partial charge is 0.119 e. The summed E-state index contributed by atoms with van der Waals surface area (Å²) >= 11 is 7.77. The first kappa shape index (κ1) is 41.7. The van der Waals surface area contributed by atoms with E-state index in [-0.39, 0.29) is 0 Å². The number of hydrogen-bond donors (Lipinski definition) is 2. The second kappa shape index (κ2) is 19.1. The summed E-state index contributed by atoms with van der Waals surface area (Å²) in [5, 5.41) is 20.5. The molecular weight excluding hydrogens is 763 g/mol. The SMILES string of the molecule is CCCCCCc1csc2c1sc1c3c(n(CC(CC)CCCC)c12)-c1c(c2sc4ccsc4c2n1CC(CC)CCCC)C(=N)/C3=N\NC(CC)CCCC. The van der Waals surface area contributed by atoms with Crippen LogP contribution in [-0.4, -0.2) is 26.6 Å². The second-order valence-electron chi connectivity index (χ2n) is 16.6. The normalized spacial score (nSPS) is 15.6. The summed E-state index contributed by atoms with van der Waals surface area (Å²) in [6.45, 7) is 18.3. The van der Waals surface area contributed by atoms with Gasteiger partial charge in [-0.1, -0.05) is 119 Å². The van der Waals surface area contributed by atoms with Crippen LogP contribution in [0.1, 0.15) is 168 Å². The molecule has 0 aliphatic heterocycles. The molecule has 0 saturated heterocycles. The third kappa shape index (κ3) is 7.85. The van der Waals surface area contributed by atoms with Crippen LogP contribution in [0.4, 0.5) is 0 Å². The van der Waals surface area contributed by atoms with Crippen molar-refractivity contribution in [3.63, 3.8) is 0 Å². The Morgan fingerprint density at radius 3 is 1.91 bits per heavy atom. The van der Waals surface area contributed by atoms with Gasteiger partial charge in [-0.05, 0) is 72.8 Å². The number of aryl methyl sites for hydroxylation is 1. The minimum Gasteiger partial charge on any atom is -0.337 e. The maximum Gasteiger partial charge on any atom is 0.119 e. The fourth-order valence-electron chi connectivity index (χ4n) is 9.16. The van der Waals surface area contributed by atoms with Gasteiger partial charge in [0.25, 0.3) is 0 Å². The van der Waals surface area contributed by atoms with Gasteiger partial charge in [-0.15, -0.1) is 45.3 Å². The van der Waals surface area contributed by atoms with Gasteiger partial charge in [0.05, 0.1) is 51.6 Å². The average molecular weight is 830 g/mol. The van der Waals surface area contributed by atoms with Crippen LogP contribution < -0.4 is 5.43 Å². The predicted molar refractivity (Wildman–Crippen MR) is 254 cm³/mol. The first-order chi connectivity index (χ1) is 27.4. The van der Waals surface area contributed by atoms with Crippen molar-refractivity contribution < 1.29 is 0 Å². The molecule has 2 N–H and O–H groups in total. The fraction of sp³-hybridized carbons (Fsp3) is 0.617. The molecule has 304 valence electrons. The van der Waals surface area contributed by atoms with Gasteiger partial charge < -0.3 is 14.6 Å². The fourth-order valence-corrected chi connectivity index (χ4v) is 14.3. The van der Waals surface area contributed by atoms with E-state index in [0.717, 1.165) is 43.6 Å². The Hall–Kier alpha value is -2.46. The zero-order valence-corrected chi connectivity index (χ0v) is 38.6. The summed E-state index contributed by atoms with van der Waals surface area (Å²) in [6.07, 6.45) is 20.7. The molecule has 56 heavy (non-hydrogen) atoms. The zero-order valence-electron chi connectivity index (χ0n) is 35.4. The van der Waals surface area contributed by atoms with E-state index in [1.54, 1.807) is 0 Å². The Morgan fingerprint density at radius 2 is 1.27 bits per heavy atom. The molecule has 0 radical (unpaired) electrons. The van der Waals surface area contributed by atoms with Crippen LogP contribution in [0.15, 0.2) is 21.9 Å². The first-order valence-corrected chi connectivity index (χ1v) is 25.8. The molecular formula is C47H67N5S4. The maximum absolute atomic E-state index is 10.3. The number of rotatable bonds is 23. The number of aromatic nitrogens is 2. The molecule has 5 nitrogen and oxygen atoms in total. The minimum absolute atomic E-state index is 0.304. The first-order valence-electron chi connectivity index (χ1n) is 22.4. The van der Waals surface area contributed by atoms with Crippen LogP contribution in [0.25, 0.3) is 50.6 Å². The Bertz CT molecular complexity index is 2270. The lowest BCUT2D eigenvalue weighted by Gasteiger charge is -2.26. The molecule has 6 aromatic rings. The van der Waals surface area contributed by atoms with Crippen LogP contribution in [0.2, 0.25) is 0 Å². The van der Waals surface area contributed by atoms with Gasteiger partial charge >= 0.3 is 0 Å². The van der Waals surface area contributed by atoms with Crippen molar-refractivity contribution in [3.05, 3.63) is 33.5 Å². The van der Waals surface area contributed by atoms with Crippen molar-refractivity contribution in [1.82, 2.24) is 14.6 Å². The highest BCUT2D eigenvalue weighted by Crippen LogP contribution is 2.53. The summed E-state index contributed by atoms with van der Waals surface area (Å²) in [5.41, 5.74) is 14.5. The molecule has 3 unspecified atom stereocenters. The Morgan fingerprint density at radius 1 is 0.643 bits per heavy atom. The molecule has 0 fully saturated rings. The number of hydrogen-bond acceptors (Lipinski definition) is 7. The minimum atomic E-state index is 0.304. The van der Waals surface area contributed by atoms with Gasteiger partial charge in [-0.3, -0.25) is 5.41 Å². The molecule has 0 spiro atoms. The number of thiophene rings is 4. The predicted octanol–water partition coefficient (Wildman–Crippen LogP) is 16.0. The van der Waals surface area contributed by atoms with Crippen molar-refractivity contribution in [2.24, 2.45) is 16.9 Å². The van der Waals surface area contributed by atoms with Crippen LogP contribution in [0.5, 0.6) is 0 Å². The van der Waals surface area contributed by atoms with Crippen molar-refractivity contribution in [3.8, 4) is 11.4 Å². The Balaban J connectivity index is 1.54. The molecule has 0 saturated carbocycles. The number of fused-ring (bicyclic) bond motifs is 11. The number of nitrogens with one attached hydrogen (secondary N) is 2. The molecule has 0 bridgehead atoms. The lowest BCUT2D eigenvalue weighted by atomic mass is 9.90. The average Bonchev–Trinajstić information content (AvgIpc) is 4.05. The van der Waals surface area contributed by atoms with E-state index in [9.17, 15) is 5.41 Å². The molecule has 1 aliphatic rings. The molecule has 7 rings (SSSR count). The van der Waals surface area contributed by atoms with E-state index in [1.807, 2.05) is 45.3 Å². The number of unbranched alkanes of at least 4 members (excludes halogenated alkanes) is 6. The van der Waals surface area contributed by atoms with Crippen molar-refractivity contribution in [2.75, 3.05) is 0 Å². The highest BCUT2D eigenvalue weighted by atomic mass is 32.1. The van der Waals surface area contributed by atoms with Gasteiger partial charge in [0.15, 0.2) is 0 Å². The second-order valence-corrected chi connectivity index (χ2v) is 20.5. The number of hydrazone groups is 1. The van der Waals surface area contributed by atoms with Gasteiger partial charge in [-0.25, -0.2) is 0 Å². The van der Waals surface area contributed by atoms with Gasteiger partial charge in [0, 0.05) is 35.0 Å². The van der Waals surface area contributed by atoms with Crippen LogP contribution >= 0.6 is 45.3 Å². The highest BCUT2D eigenvalue weighted by Gasteiger charge is 2.40. The molecule has 6 heterocycles. The van der Waals surface area contributed by atoms with Gasteiger partial charge in [-0.2, -0.15) is 5.10 Å². The summed E-state index contributed by atoms with van der Waals surface area (Å²) in [4.78, 5) is 0. The Kier molecular flexibility index (Phi) is 14.2. The molecule has 0 amide bonds. The van der Waals surface area contributed by atoms with E-state index in [0.29, 0.717) is 23.6 Å². The summed E-state index contributed by atoms with van der Waals surface area (Å²) < 4.78 is 13.9. The quantitative estimate of drug-likeness (QED) is 0.0490. The van der Waals surface area contributed by atoms with E-state index in [4.69, 9.17) is 5.10 Å². The van der Waals surface area contributed by atoms with Gasteiger partial charge in [0.2, 0.25) is 0 Å². The molecule has 0 aromatic carbocycles. The summed E-state index contributed by atoms with van der Waals surface area (Å²) in [6, 6.07) is 2.60. The Labute approximate surface area is 352 Å². The van der Waals surface area contributed by atoms with Crippen LogP contribution in [0.3, 0.4) is 0 Å². The van der Waals surface area contributed by atoms with Crippen molar-refractivity contribution in [1.29, 1.82) is 5.41 Å². The van der Waals surface area contributed by atoms with E-state index < -0.39 is 0 Å². The lowest BCUT2D eigenvalue weighted by molar-refractivity contribution is 0.392. The maximum atomic E-state index is 10.3. The van der Waals surface area contributed by atoms with E-state index in [1.165, 1.54) is 152 Å². The standard InChI is InChI=1S/C47H67N5S4/c1-8-15-19-20-23-32-29-54-47-42-46(56-43(32)47)36-38(50-49-33(14-7)24-18-11-4)37(48)35-39(40(36)52(42)28-31(13-6)22-17-10-3)51(27-30(12-5)21-16-9-2)41-44-34(25-26-53-44)55-45(35)41/h25-26,29-31,33,48-49H,8-24,27-28H2,1-7H3/b48-37?,50-38-. The monoisotopic (exact) mass is 829 g/mol. The zero-order chi connectivity index (χ0) is 39.3. The molecule has 9 heteroatoms. The van der Waals surface area contributed by atoms with E-state index in [2.05, 4.69) is 79.9 Å². The topological polar surface area (TPSA) is 58.1 Å². The molecule has 1 aliphatic carbocycles. The third-order valence-corrected chi connectivity index (χ3v) is 17.4. The van der Waals surface area contributed by atoms with Crippen molar-refractivity contribution in [2.45, 2.75) is 177 Å². The van der Waals surface area contributed by atoms with Crippen LogP contribution in [0, 0.1) is 17.2 Å².